The van der Waals surface area contributed by atoms with Gasteiger partial charge in [-0.15, -0.1) is 0 Å². The zero-order chi connectivity index (χ0) is 28.9. The number of carbonyl (C=O) groups excluding carboxylic acids is 3. The van der Waals surface area contributed by atoms with Gasteiger partial charge in [0.1, 0.15) is 0 Å². The number of rotatable bonds is 10. The fourth-order valence-corrected chi connectivity index (χ4v) is 7.56. The normalized spacial score (nSPS) is 22.8. The molecule has 0 saturated carbocycles. The molecule has 0 bridgehead atoms. The quantitative estimate of drug-likeness (QED) is 0.276. The summed E-state index contributed by atoms with van der Waals surface area (Å²) in [5.41, 5.74) is 1.70. The van der Waals surface area contributed by atoms with Gasteiger partial charge < -0.3 is 30.6 Å². The van der Waals surface area contributed by atoms with Crippen molar-refractivity contribution in [2.24, 2.45) is 0 Å². The van der Waals surface area contributed by atoms with E-state index in [1.807, 2.05) is 13.8 Å². The van der Waals surface area contributed by atoms with Gasteiger partial charge in [0.2, 0.25) is 5.91 Å². The van der Waals surface area contributed by atoms with Crippen molar-refractivity contribution in [3.05, 3.63) is 70.8 Å². The predicted octanol–water partition coefficient (Wildman–Crippen LogP) is 3.06. The Labute approximate surface area is 235 Å². The first-order valence-corrected chi connectivity index (χ1v) is 15.6. The molecule has 0 aromatic heterocycles. The van der Waals surface area contributed by atoms with E-state index in [1.54, 1.807) is 48.5 Å². The summed E-state index contributed by atoms with van der Waals surface area (Å²) in [6.07, 6.45) is 3.30. The fourth-order valence-electron chi connectivity index (χ4n) is 5.88. The van der Waals surface area contributed by atoms with Crippen LogP contribution in [0.25, 0.3) is 0 Å². The van der Waals surface area contributed by atoms with Gasteiger partial charge in [-0.2, -0.15) is 0 Å². The molecule has 2 aliphatic rings. The fraction of sp³-hybridized carbons (Fsp3) is 0.483. The third kappa shape index (κ3) is 5.72. The summed E-state index contributed by atoms with van der Waals surface area (Å²) in [5.74, 6) is -1.58. The Kier molecular flexibility index (Phi) is 9.46. The number of hydrogen-bond acceptors (Lipinski definition) is 5. The summed E-state index contributed by atoms with van der Waals surface area (Å²) in [6, 6.07) is 12.4. The summed E-state index contributed by atoms with van der Waals surface area (Å²) < 4.78 is 13.7. The topological polar surface area (TPSA) is 148 Å². The molecule has 40 heavy (non-hydrogen) atoms. The molecule has 0 radical (unpaired) electrons. The summed E-state index contributed by atoms with van der Waals surface area (Å²) >= 11 is 0. The molecule has 4 rings (SSSR count). The molecule has 11 heteroatoms. The van der Waals surface area contributed by atoms with E-state index in [2.05, 4.69) is 16.0 Å². The Bertz CT molecular complexity index is 1260. The maximum absolute atomic E-state index is 13.8. The molecule has 3 amide bonds. The largest absolute Gasteiger partial charge is 0.356 e. The Hall–Kier alpha value is -3.04. The number of hydrogen-bond donors (Lipinski definition) is 5. The predicted molar refractivity (Wildman–Crippen MR) is 152 cm³/mol. The molecular weight excluding hydrogens is 531 g/mol. The maximum Gasteiger partial charge on any atom is 0.356 e. The molecule has 216 valence electrons. The van der Waals surface area contributed by atoms with Gasteiger partial charge in [0, 0.05) is 36.7 Å². The van der Waals surface area contributed by atoms with Gasteiger partial charge in [-0.1, -0.05) is 38.1 Å². The zero-order valence-electron chi connectivity index (χ0n) is 23.1. The Morgan fingerprint density at radius 3 is 1.95 bits per heavy atom. The van der Waals surface area contributed by atoms with Gasteiger partial charge in [-0.3, -0.25) is 18.9 Å². The minimum atomic E-state index is -5.04. The van der Waals surface area contributed by atoms with Crippen LogP contribution in [-0.2, 0) is 14.6 Å². The van der Waals surface area contributed by atoms with Crippen LogP contribution in [0.1, 0.15) is 83.7 Å². The van der Waals surface area contributed by atoms with E-state index in [-0.39, 0.29) is 29.8 Å². The van der Waals surface area contributed by atoms with Crippen molar-refractivity contribution in [3.8, 4) is 0 Å². The average molecular weight is 571 g/mol. The lowest BCUT2D eigenvalue weighted by molar-refractivity contribution is -0.136. The van der Waals surface area contributed by atoms with Gasteiger partial charge >= 0.3 is 7.60 Å². The van der Waals surface area contributed by atoms with Crippen LogP contribution in [0.15, 0.2) is 48.5 Å². The summed E-state index contributed by atoms with van der Waals surface area (Å²) in [6.45, 7) is 5.79. The molecule has 2 aromatic rings. The van der Waals surface area contributed by atoms with Gasteiger partial charge in [0.05, 0.1) is 6.04 Å². The van der Waals surface area contributed by atoms with Crippen molar-refractivity contribution in [2.75, 3.05) is 26.2 Å². The third-order valence-corrected chi connectivity index (χ3v) is 9.53. The molecule has 0 unspecified atom stereocenters. The second-order valence-corrected chi connectivity index (χ2v) is 12.2. The van der Waals surface area contributed by atoms with E-state index < -0.39 is 24.8 Å². The van der Waals surface area contributed by atoms with E-state index in [4.69, 9.17) is 0 Å². The SMILES string of the molecule is CCCNC(=O)c1ccc([C@@H]2CCN(C(=O)[C@@H]3CCCN3)[C@@]2(c2ccc(C(=O)NCCC)cc2)P(=O)(O)O)cc1. The van der Waals surface area contributed by atoms with Crippen molar-refractivity contribution >= 4 is 25.3 Å². The number of nitrogens with one attached hydrogen (secondary N) is 3. The van der Waals surface area contributed by atoms with Crippen LogP contribution in [0, 0.1) is 0 Å². The van der Waals surface area contributed by atoms with Crippen LogP contribution in [0.2, 0.25) is 0 Å². The third-order valence-electron chi connectivity index (χ3n) is 7.83. The van der Waals surface area contributed by atoms with Crippen molar-refractivity contribution in [1.82, 2.24) is 20.9 Å². The Morgan fingerprint density at radius 2 is 1.48 bits per heavy atom. The van der Waals surface area contributed by atoms with Gasteiger partial charge in [0.25, 0.3) is 11.8 Å². The summed E-state index contributed by atoms with van der Waals surface area (Å²) in [4.78, 5) is 62.3. The molecule has 2 heterocycles. The highest BCUT2D eigenvalue weighted by atomic mass is 31.2. The minimum Gasteiger partial charge on any atom is -0.352 e. The smallest absolute Gasteiger partial charge is 0.352 e. The van der Waals surface area contributed by atoms with Crippen LogP contribution in [0.4, 0.5) is 0 Å². The lowest BCUT2D eigenvalue weighted by Crippen LogP contribution is -2.52. The Balaban J connectivity index is 1.80. The van der Waals surface area contributed by atoms with Gasteiger partial charge in [-0.05, 0) is 74.0 Å². The van der Waals surface area contributed by atoms with Crippen LogP contribution in [0.3, 0.4) is 0 Å². The van der Waals surface area contributed by atoms with Crippen LogP contribution < -0.4 is 16.0 Å². The summed E-state index contributed by atoms with van der Waals surface area (Å²) in [5, 5.41) is 6.83. The second-order valence-electron chi connectivity index (χ2n) is 10.5. The Morgan fingerprint density at radius 1 is 0.925 bits per heavy atom. The van der Waals surface area contributed by atoms with Crippen LogP contribution in [-0.4, -0.2) is 64.6 Å². The molecule has 0 spiro atoms. The lowest BCUT2D eigenvalue weighted by atomic mass is 9.85. The summed E-state index contributed by atoms with van der Waals surface area (Å²) in [7, 11) is -5.04. The maximum atomic E-state index is 13.8. The molecule has 3 atom stereocenters. The molecule has 10 nitrogen and oxygen atoms in total. The molecule has 2 aliphatic heterocycles. The molecule has 2 fully saturated rings. The highest BCUT2D eigenvalue weighted by Crippen LogP contribution is 2.68. The molecule has 2 saturated heterocycles. The standard InChI is InChI=1S/C29H39N4O6P/c1-3-16-31-26(34)21-9-7-20(8-10-21)24-15-19-33(28(36)25-6-5-18-30-25)29(24,40(37,38)39)23-13-11-22(12-14-23)27(35)32-17-4-2/h7-14,24-25,30H,3-6,15-19H2,1-2H3,(H,31,34)(H,32,35)(H2,37,38,39)/t24-,25-,29-/m0/s1. The zero-order valence-corrected chi connectivity index (χ0v) is 24.0. The average Bonchev–Trinajstić information content (AvgIpc) is 3.64. The van der Waals surface area contributed by atoms with Gasteiger partial charge in [-0.25, -0.2) is 0 Å². The van der Waals surface area contributed by atoms with E-state index in [0.29, 0.717) is 49.2 Å². The van der Waals surface area contributed by atoms with E-state index >= 15 is 0 Å². The van der Waals surface area contributed by atoms with Crippen molar-refractivity contribution < 1.29 is 28.7 Å². The number of benzene rings is 2. The number of likely N-dealkylation sites (tertiary alicyclic amines) is 1. The number of nitrogens with zero attached hydrogens (tertiary/aromatic N) is 1. The van der Waals surface area contributed by atoms with Crippen LogP contribution in [0.5, 0.6) is 0 Å². The monoisotopic (exact) mass is 570 g/mol. The van der Waals surface area contributed by atoms with E-state index in [9.17, 15) is 28.7 Å². The van der Waals surface area contributed by atoms with E-state index in [1.165, 1.54) is 4.90 Å². The first-order chi connectivity index (χ1) is 19.1. The number of amides is 3. The van der Waals surface area contributed by atoms with Crippen molar-refractivity contribution in [2.45, 2.75) is 63.2 Å². The first kappa shape index (κ1) is 29.9. The van der Waals surface area contributed by atoms with Gasteiger partial charge in [0.15, 0.2) is 5.28 Å². The van der Waals surface area contributed by atoms with Crippen LogP contribution >= 0.6 is 7.60 Å². The molecule has 5 N–H and O–H groups in total. The molecular formula is C29H39N4O6P. The first-order valence-electron chi connectivity index (χ1n) is 14.0. The number of carbonyl (C=O) groups is 3. The highest BCUT2D eigenvalue weighted by molar-refractivity contribution is 7.53. The minimum absolute atomic E-state index is 0.157. The van der Waals surface area contributed by atoms with Crippen molar-refractivity contribution in [1.29, 1.82) is 0 Å². The molecule has 0 aliphatic carbocycles. The highest BCUT2D eigenvalue weighted by Gasteiger charge is 2.63. The second kappa shape index (κ2) is 12.6. The lowest BCUT2D eigenvalue weighted by Gasteiger charge is -2.44. The van der Waals surface area contributed by atoms with Crippen molar-refractivity contribution in [3.63, 3.8) is 0 Å². The molecule has 2 aromatic carbocycles. The van der Waals surface area contributed by atoms with E-state index in [0.717, 1.165) is 19.3 Å².